The molecule has 116 valence electrons. The lowest BCUT2D eigenvalue weighted by atomic mass is 10.0. The summed E-state index contributed by atoms with van der Waals surface area (Å²) in [5.74, 6) is -0.581. The quantitative estimate of drug-likeness (QED) is 0.785. The van der Waals surface area contributed by atoms with Gasteiger partial charge < -0.3 is 10.1 Å². The molecule has 2 rings (SSSR count). The average Bonchev–Trinajstić information content (AvgIpc) is 2.83. The molecule has 22 heavy (non-hydrogen) atoms. The van der Waals surface area contributed by atoms with E-state index in [0.717, 1.165) is 20.5 Å². The minimum Gasteiger partial charge on any atom is -0.465 e. The SMILES string of the molecule is CCC(=O)Nc1sc(C)c(-c2ccc(Br)cc2)c1C(=O)OC. The van der Waals surface area contributed by atoms with E-state index in [1.54, 1.807) is 6.92 Å². The Morgan fingerprint density at radius 1 is 1.27 bits per heavy atom. The largest absolute Gasteiger partial charge is 0.465 e. The predicted molar refractivity (Wildman–Crippen MR) is 92.5 cm³/mol. The average molecular weight is 382 g/mol. The summed E-state index contributed by atoms with van der Waals surface area (Å²) in [5, 5.41) is 3.32. The monoisotopic (exact) mass is 381 g/mol. The van der Waals surface area contributed by atoms with Gasteiger partial charge in [0.2, 0.25) is 5.91 Å². The summed E-state index contributed by atoms with van der Waals surface area (Å²) in [6.07, 6.45) is 0.352. The Bertz CT molecular complexity index is 707. The van der Waals surface area contributed by atoms with Crippen molar-refractivity contribution in [3.63, 3.8) is 0 Å². The Balaban J connectivity index is 2.59. The number of ether oxygens (including phenoxy) is 1. The topological polar surface area (TPSA) is 55.4 Å². The number of hydrogen-bond acceptors (Lipinski definition) is 4. The van der Waals surface area contributed by atoms with Gasteiger partial charge in [-0.15, -0.1) is 11.3 Å². The standard InChI is InChI=1S/C16H16BrNO3S/c1-4-12(19)18-15-14(16(20)21-3)13(9(2)22-15)10-5-7-11(17)8-6-10/h5-8H,4H2,1-3H3,(H,18,19). The van der Waals surface area contributed by atoms with Crippen molar-refractivity contribution >= 4 is 44.1 Å². The number of aryl methyl sites for hydroxylation is 1. The van der Waals surface area contributed by atoms with E-state index in [0.29, 0.717) is 17.0 Å². The maximum absolute atomic E-state index is 12.2. The molecule has 1 N–H and O–H groups in total. The molecule has 1 aromatic heterocycles. The lowest BCUT2D eigenvalue weighted by Gasteiger charge is -2.07. The molecule has 0 saturated carbocycles. The number of esters is 1. The number of thiophene rings is 1. The molecule has 0 aliphatic heterocycles. The van der Waals surface area contributed by atoms with Crippen molar-refractivity contribution in [2.24, 2.45) is 0 Å². The van der Waals surface area contributed by atoms with Gasteiger partial charge in [0.05, 0.1) is 7.11 Å². The second-order valence-corrected chi connectivity index (χ2v) is 6.78. The highest BCUT2D eigenvalue weighted by atomic mass is 79.9. The number of amides is 1. The van der Waals surface area contributed by atoms with Crippen LogP contribution in [-0.4, -0.2) is 19.0 Å². The first-order chi connectivity index (χ1) is 10.5. The molecule has 1 amide bonds. The van der Waals surface area contributed by atoms with Crippen LogP contribution in [0.3, 0.4) is 0 Å². The van der Waals surface area contributed by atoms with Gasteiger partial charge in [-0.05, 0) is 24.6 Å². The molecule has 0 fully saturated rings. The summed E-state index contributed by atoms with van der Waals surface area (Å²) in [6, 6.07) is 7.68. The summed E-state index contributed by atoms with van der Waals surface area (Å²) in [4.78, 5) is 24.8. The molecule has 2 aromatic rings. The molecular formula is C16H16BrNO3S. The van der Waals surface area contributed by atoms with Crippen LogP contribution in [0, 0.1) is 6.92 Å². The molecule has 1 aromatic carbocycles. The number of carbonyl (C=O) groups is 2. The van der Waals surface area contributed by atoms with Crippen LogP contribution in [0.4, 0.5) is 5.00 Å². The summed E-state index contributed by atoms with van der Waals surface area (Å²) in [6.45, 7) is 3.69. The molecule has 0 radical (unpaired) electrons. The van der Waals surface area contributed by atoms with Gasteiger partial charge in [-0.25, -0.2) is 4.79 Å². The first-order valence-corrected chi connectivity index (χ1v) is 8.36. The number of carbonyl (C=O) groups excluding carboxylic acids is 2. The number of rotatable bonds is 4. The third-order valence-electron chi connectivity index (χ3n) is 3.18. The van der Waals surface area contributed by atoms with Gasteiger partial charge in [0.15, 0.2) is 0 Å². The van der Waals surface area contributed by atoms with E-state index in [4.69, 9.17) is 4.74 Å². The van der Waals surface area contributed by atoms with Gasteiger partial charge in [0, 0.05) is 21.3 Å². The van der Waals surface area contributed by atoms with Crippen molar-refractivity contribution in [1.29, 1.82) is 0 Å². The van der Waals surface area contributed by atoms with E-state index in [9.17, 15) is 9.59 Å². The van der Waals surface area contributed by atoms with Crippen LogP contribution in [0.15, 0.2) is 28.7 Å². The maximum Gasteiger partial charge on any atom is 0.341 e. The molecule has 0 bridgehead atoms. The molecule has 0 spiro atoms. The number of anilines is 1. The van der Waals surface area contributed by atoms with Gasteiger partial charge in [0.1, 0.15) is 10.6 Å². The molecule has 0 atom stereocenters. The minimum atomic E-state index is -0.450. The van der Waals surface area contributed by atoms with Crippen LogP contribution in [0.25, 0.3) is 11.1 Å². The highest BCUT2D eigenvalue weighted by Gasteiger charge is 2.24. The zero-order valence-electron chi connectivity index (χ0n) is 12.5. The lowest BCUT2D eigenvalue weighted by molar-refractivity contribution is -0.115. The number of halogens is 1. The molecular weight excluding hydrogens is 366 g/mol. The van der Waals surface area contributed by atoms with E-state index in [-0.39, 0.29) is 5.91 Å². The maximum atomic E-state index is 12.2. The van der Waals surface area contributed by atoms with Crippen molar-refractivity contribution < 1.29 is 14.3 Å². The third kappa shape index (κ3) is 3.39. The minimum absolute atomic E-state index is 0.131. The van der Waals surface area contributed by atoms with Crippen molar-refractivity contribution in [1.82, 2.24) is 0 Å². The Hall–Kier alpha value is -1.66. The van der Waals surface area contributed by atoms with Crippen LogP contribution in [0.1, 0.15) is 28.6 Å². The van der Waals surface area contributed by atoms with E-state index < -0.39 is 5.97 Å². The van der Waals surface area contributed by atoms with Crippen LogP contribution in [-0.2, 0) is 9.53 Å². The predicted octanol–water partition coefficient (Wildman–Crippen LogP) is 4.62. The van der Waals surface area contributed by atoms with Crippen LogP contribution >= 0.6 is 27.3 Å². The Kier molecular flexibility index (Phi) is 5.37. The summed E-state index contributed by atoms with van der Waals surface area (Å²) in [5.41, 5.74) is 2.12. The van der Waals surface area contributed by atoms with Crippen molar-refractivity contribution in [2.45, 2.75) is 20.3 Å². The molecule has 1 heterocycles. The summed E-state index contributed by atoms with van der Waals surface area (Å²) in [7, 11) is 1.34. The van der Waals surface area contributed by atoms with Crippen molar-refractivity contribution in [3.8, 4) is 11.1 Å². The molecule has 0 unspecified atom stereocenters. The van der Waals surface area contributed by atoms with E-state index in [2.05, 4.69) is 21.2 Å². The molecule has 4 nitrogen and oxygen atoms in total. The first-order valence-electron chi connectivity index (χ1n) is 6.75. The molecule has 0 aliphatic carbocycles. The summed E-state index contributed by atoms with van der Waals surface area (Å²) < 4.78 is 5.86. The Labute approximate surface area is 141 Å². The van der Waals surface area contributed by atoms with Gasteiger partial charge in [-0.1, -0.05) is 35.0 Å². The number of hydrogen-bond donors (Lipinski definition) is 1. The smallest absolute Gasteiger partial charge is 0.341 e. The Morgan fingerprint density at radius 2 is 1.91 bits per heavy atom. The normalized spacial score (nSPS) is 10.4. The number of nitrogens with one attached hydrogen (secondary N) is 1. The number of benzene rings is 1. The fourth-order valence-corrected chi connectivity index (χ4v) is 3.45. The fraction of sp³-hybridized carbons (Fsp3) is 0.250. The van der Waals surface area contributed by atoms with Gasteiger partial charge >= 0.3 is 5.97 Å². The van der Waals surface area contributed by atoms with Gasteiger partial charge in [0.25, 0.3) is 0 Å². The molecule has 6 heteroatoms. The van der Waals surface area contributed by atoms with Crippen molar-refractivity contribution in [2.75, 3.05) is 12.4 Å². The second kappa shape index (κ2) is 7.07. The summed E-state index contributed by atoms with van der Waals surface area (Å²) >= 11 is 4.78. The van der Waals surface area contributed by atoms with Crippen LogP contribution in [0.5, 0.6) is 0 Å². The van der Waals surface area contributed by atoms with E-state index >= 15 is 0 Å². The Morgan fingerprint density at radius 3 is 2.45 bits per heavy atom. The van der Waals surface area contributed by atoms with Crippen molar-refractivity contribution in [3.05, 3.63) is 39.2 Å². The van der Waals surface area contributed by atoms with Gasteiger partial charge in [-0.3, -0.25) is 4.79 Å². The zero-order valence-corrected chi connectivity index (χ0v) is 14.9. The second-order valence-electron chi connectivity index (χ2n) is 4.64. The lowest BCUT2D eigenvalue weighted by Crippen LogP contribution is -2.12. The first kappa shape index (κ1) is 16.7. The number of methoxy groups -OCH3 is 1. The third-order valence-corrected chi connectivity index (χ3v) is 4.73. The highest BCUT2D eigenvalue weighted by Crippen LogP contribution is 2.40. The van der Waals surface area contributed by atoms with E-state index in [1.165, 1.54) is 18.4 Å². The highest BCUT2D eigenvalue weighted by molar-refractivity contribution is 9.10. The zero-order chi connectivity index (χ0) is 16.3. The molecule has 0 saturated heterocycles. The van der Waals surface area contributed by atoms with Gasteiger partial charge in [-0.2, -0.15) is 0 Å². The van der Waals surface area contributed by atoms with Crippen LogP contribution in [0.2, 0.25) is 0 Å². The fourth-order valence-electron chi connectivity index (χ4n) is 2.11. The van der Waals surface area contributed by atoms with Crippen LogP contribution < -0.4 is 5.32 Å². The molecule has 0 aliphatic rings. The van der Waals surface area contributed by atoms with E-state index in [1.807, 2.05) is 31.2 Å².